The summed E-state index contributed by atoms with van der Waals surface area (Å²) in [5.74, 6) is -0.455. The molecule has 0 N–H and O–H groups in total. The molecule has 0 aliphatic carbocycles. The number of halogens is 1. The van der Waals surface area contributed by atoms with Gasteiger partial charge in [-0.2, -0.15) is 0 Å². The third-order valence-corrected chi connectivity index (χ3v) is 6.17. The lowest BCUT2D eigenvalue weighted by Gasteiger charge is -2.22. The predicted octanol–water partition coefficient (Wildman–Crippen LogP) is 1.60. The summed E-state index contributed by atoms with van der Waals surface area (Å²) in [5, 5.41) is -0.938. The molecule has 2 saturated heterocycles. The first kappa shape index (κ1) is 16.3. The first-order chi connectivity index (χ1) is 10.9. The Hall–Kier alpha value is -1.60. The number of likely N-dealkylation sites (tertiary alicyclic amines) is 1. The van der Waals surface area contributed by atoms with Crippen LogP contribution in [0.2, 0.25) is 0 Å². The Balaban J connectivity index is 1.91. The van der Waals surface area contributed by atoms with Crippen molar-refractivity contribution < 1.29 is 18.0 Å². The molecule has 0 saturated carbocycles. The van der Waals surface area contributed by atoms with Gasteiger partial charge in [-0.05, 0) is 25.0 Å². The van der Waals surface area contributed by atoms with E-state index in [1.54, 1.807) is 29.2 Å². The minimum atomic E-state index is -3.81. The average Bonchev–Trinajstić information content (AvgIpc) is 3.15. The van der Waals surface area contributed by atoms with Gasteiger partial charge in [-0.1, -0.05) is 12.1 Å². The highest BCUT2D eigenvalue weighted by atomic mass is 35.7. The number of benzene rings is 1. The predicted molar refractivity (Wildman–Crippen MR) is 87.1 cm³/mol. The van der Waals surface area contributed by atoms with Crippen molar-refractivity contribution in [2.75, 3.05) is 24.5 Å². The van der Waals surface area contributed by atoms with Gasteiger partial charge in [-0.3, -0.25) is 9.59 Å². The fraction of sp³-hybridized carbons (Fsp3) is 0.467. The minimum Gasteiger partial charge on any atom is -0.339 e. The number of rotatable bonds is 3. The van der Waals surface area contributed by atoms with Crippen LogP contribution in [-0.4, -0.2) is 50.0 Å². The highest BCUT2D eigenvalue weighted by Crippen LogP contribution is 2.30. The maximum absolute atomic E-state index is 12.7. The SMILES string of the molecule is O=C(c1ccccc1N1CC(S(=O)(=O)Cl)CC1=O)N1CCCC1. The van der Waals surface area contributed by atoms with Crippen LogP contribution in [0.5, 0.6) is 0 Å². The standard InChI is InChI=1S/C15H17ClN2O4S/c16-23(21,22)11-9-14(19)18(10-11)13-6-2-1-5-12(13)15(20)17-7-3-4-8-17/h1-2,5-6,11H,3-4,7-10H2. The zero-order chi connectivity index (χ0) is 16.6. The Labute approximate surface area is 139 Å². The summed E-state index contributed by atoms with van der Waals surface area (Å²) in [6.45, 7) is 1.40. The van der Waals surface area contributed by atoms with Crippen molar-refractivity contribution in [1.29, 1.82) is 0 Å². The van der Waals surface area contributed by atoms with Crippen LogP contribution in [0.4, 0.5) is 5.69 Å². The van der Waals surface area contributed by atoms with E-state index in [1.807, 2.05) is 0 Å². The lowest BCUT2D eigenvalue weighted by atomic mass is 10.1. The van der Waals surface area contributed by atoms with E-state index in [9.17, 15) is 18.0 Å². The van der Waals surface area contributed by atoms with Gasteiger partial charge in [0.05, 0.1) is 11.3 Å². The Bertz CT molecular complexity index is 744. The average molecular weight is 357 g/mol. The van der Waals surface area contributed by atoms with E-state index in [1.165, 1.54) is 4.90 Å². The van der Waals surface area contributed by atoms with Crippen molar-refractivity contribution in [2.45, 2.75) is 24.5 Å². The van der Waals surface area contributed by atoms with Crippen LogP contribution in [0.3, 0.4) is 0 Å². The van der Waals surface area contributed by atoms with Crippen molar-refractivity contribution >= 4 is 37.2 Å². The van der Waals surface area contributed by atoms with Gasteiger partial charge in [0, 0.05) is 36.7 Å². The van der Waals surface area contributed by atoms with Gasteiger partial charge in [0.1, 0.15) is 5.25 Å². The lowest BCUT2D eigenvalue weighted by molar-refractivity contribution is -0.117. The van der Waals surface area contributed by atoms with Crippen molar-refractivity contribution in [3.05, 3.63) is 29.8 Å². The normalized spacial score (nSPS) is 22.0. The second-order valence-electron chi connectivity index (χ2n) is 5.82. The van der Waals surface area contributed by atoms with Crippen LogP contribution < -0.4 is 4.90 Å². The molecule has 1 aromatic rings. The van der Waals surface area contributed by atoms with E-state index >= 15 is 0 Å². The molecule has 3 rings (SSSR count). The second-order valence-corrected chi connectivity index (χ2v) is 8.73. The van der Waals surface area contributed by atoms with Crippen LogP contribution in [0.1, 0.15) is 29.6 Å². The third kappa shape index (κ3) is 3.21. The van der Waals surface area contributed by atoms with E-state index in [0.29, 0.717) is 24.3 Å². The van der Waals surface area contributed by atoms with Crippen molar-refractivity contribution in [3.8, 4) is 0 Å². The monoisotopic (exact) mass is 356 g/mol. The van der Waals surface area contributed by atoms with Gasteiger partial charge >= 0.3 is 0 Å². The molecule has 0 bridgehead atoms. The third-order valence-electron chi connectivity index (χ3n) is 4.31. The zero-order valence-corrected chi connectivity index (χ0v) is 14.0. The summed E-state index contributed by atoms with van der Waals surface area (Å²) in [5.41, 5.74) is 0.882. The molecule has 1 unspecified atom stereocenters. The Morgan fingerprint density at radius 2 is 1.83 bits per heavy atom. The second kappa shape index (κ2) is 6.13. The number of anilines is 1. The van der Waals surface area contributed by atoms with Crippen LogP contribution in [0.25, 0.3) is 0 Å². The van der Waals surface area contributed by atoms with E-state index < -0.39 is 14.3 Å². The Morgan fingerprint density at radius 3 is 2.43 bits per heavy atom. The number of hydrogen-bond donors (Lipinski definition) is 0. The molecule has 0 aromatic heterocycles. The number of nitrogens with zero attached hydrogens (tertiary/aromatic N) is 2. The van der Waals surface area contributed by atoms with E-state index in [-0.39, 0.29) is 24.8 Å². The van der Waals surface area contributed by atoms with Gasteiger partial charge in [-0.15, -0.1) is 0 Å². The molecule has 1 aromatic carbocycles. The summed E-state index contributed by atoms with van der Waals surface area (Å²) in [6.07, 6.45) is 1.80. The molecule has 23 heavy (non-hydrogen) atoms. The molecule has 2 aliphatic rings. The van der Waals surface area contributed by atoms with Gasteiger partial charge in [0.2, 0.25) is 15.0 Å². The van der Waals surface area contributed by atoms with Crippen LogP contribution in [0.15, 0.2) is 24.3 Å². The van der Waals surface area contributed by atoms with E-state index in [2.05, 4.69) is 0 Å². The van der Waals surface area contributed by atoms with Crippen molar-refractivity contribution in [2.24, 2.45) is 0 Å². The molecule has 2 heterocycles. The van der Waals surface area contributed by atoms with Crippen LogP contribution in [-0.2, 0) is 13.8 Å². The first-order valence-electron chi connectivity index (χ1n) is 7.50. The molecule has 2 aliphatic heterocycles. The van der Waals surface area contributed by atoms with Crippen molar-refractivity contribution in [1.82, 2.24) is 4.90 Å². The molecule has 2 fully saturated rings. The quantitative estimate of drug-likeness (QED) is 0.771. The minimum absolute atomic E-state index is 0.0189. The van der Waals surface area contributed by atoms with E-state index in [4.69, 9.17) is 10.7 Å². The Kier molecular flexibility index (Phi) is 4.33. The fourth-order valence-corrected chi connectivity index (χ4v) is 4.10. The topological polar surface area (TPSA) is 74.8 Å². The highest BCUT2D eigenvalue weighted by Gasteiger charge is 2.39. The van der Waals surface area contributed by atoms with Crippen molar-refractivity contribution in [3.63, 3.8) is 0 Å². The molecule has 1 atom stereocenters. The maximum atomic E-state index is 12.7. The Morgan fingerprint density at radius 1 is 1.17 bits per heavy atom. The maximum Gasteiger partial charge on any atom is 0.255 e. The summed E-state index contributed by atoms with van der Waals surface area (Å²) in [7, 11) is 1.57. The number of para-hydroxylation sites is 1. The molecular formula is C15H17ClN2O4S. The highest BCUT2D eigenvalue weighted by molar-refractivity contribution is 8.14. The smallest absolute Gasteiger partial charge is 0.255 e. The lowest BCUT2D eigenvalue weighted by Crippen LogP contribution is -2.32. The van der Waals surface area contributed by atoms with Crippen LogP contribution >= 0.6 is 10.7 Å². The molecule has 6 nitrogen and oxygen atoms in total. The van der Waals surface area contributed by atoms with Gasteiger partial charge in [0.25, 0.3) is 5.91 Å². The van der Waals surface area contributed by atoms with E-state index in [0.717, 1.165) is 12.8 Å². The number of amides is 2. The summed E-state index contributed by atoms with van der Waals surface area (Å²) in [4.78, 5) is 28.0. The molecular weight excluding hydrogens is 340 g/mol. The summed E-state index contributed by atoms with van der Waals surface area (Å²) >= 11 is 0. The number of carbonyl (C=O) groups is 2. The van der Waals surface area contributed by atoms with Crippen LogP contribution in [0, 0.1) is 0 Å². The zero-order valence-electron chi connectivity index (χ0n) is 12.4. The molecule has 8 heteroatoms. The summed E-state index contributed by atoms with van der Waals surface area (Å²) in [6, 6.07) is 6.81. The fourth-order valence-electron chi connectivity index (χ4n) is 3.08. The van der Waals surface area contributed by atoms with Gasteiger partial charge < -0.3 is 9.80 Å². The van der Waals surface area contributed by atoms with Gasteiger partial charge in [0.15, 0.2) is 0 Å². The largest absolute Gasteiger partial charge is 0.339 e. The molecule has 0 radical (unpaired) electrons. The molecule has 0 spiro atoms. The van der Waals surface area contributed by atoms with Gasteiger partial charge in [-0.25, -0.2) is 8.42 Å². The summed E-state index contributed by atoms with van der Waals surface area (Å²) < 4.78 is 23.0. The first-order valence-corrected chi connectivity index (χ1v) is 9.87. The molecule has 124 valence electrons. The number of carbonyl (C=O) groups excluding carboxylic acids is 2. The molecule has 2 amide bonds. The number of hydrogen-bond acceptors (Lipinski definition) is 4.